The molecule has 7 nitrogen and oxygen atoms in total. The molecule has 3 aliphatic heterocycles. The van der Waals surface area contributed by atoms with Crippen LogP contribution in [0.15, 0.2) is 0 Å². The van der Waals surface area contributed by atoms with Crippen LogP contribution >= 0.6 is 0 Å². The Hall–Kier alpha value is -1.02. The number of rotatable bonds is 23. The van der Waals surface area contributed by atoms with Crippen LogP contribution in [0.5, 0.6) is 0 Å². The zero-order valence-corrected chi connectivity index (χ0v) is 26.8. The SMILES string of the molecule is CCCCCCCCCC[C@H](O)[C@H]1CC[C@H]([C@H]2CC[C@H]([C@H](O)CCCCCCCCC3CC(CC(C)=O)C(=O)O3)O2)O1. The minimum atomic E-state index is -0.417. The van der Waals surface area contributed by atoms with E-state index in [-0.39, 0.29) is 54.3 Å². The van der Waals surface area contributed by atoms with Crippen molar-refractivity contribution < 1.29 is 34.0 Å². The normalized spacial score (nSPS) is 29.2. The Kier molecular flexibility index (Phi) is 17.0. The smallest absolute Gasteiger partial charge is 0.309 e. The highest BCUT2D eigenvalue weighted by atomic mass is 16.6. The van der Waals surface area contributed by atoms with E-state index in [1.54, 1.807) is 0 Å². The first-order chi connectivity index (χ1) is 20.4. The van der Waals surface area contributed by atoms with Crippen LogP contribution in [0.1, 0.15) is 162 Å². The average Bonchev–Trinajstić information content (AvgIpc) is 3.72. The molecule has 2 N–H and O–H groups in total. The molecule has 2 unspecified atom stereocenters. The zero-order valence-electron chi connectivity index (χ0n) is 26.8. The third-order valence-electron chi connectivity index (χ3n) is 9.77. The van der Waals surface area contributed by atoms with Crippen LogP contribution in [0, 0.1) is 5.92 Å². The molecule has 0 aromatic rings. The number of carbonyl (C=O) groups is 2. The third kappa shape index (κ3) is 12.9. The van der Waals surface area contributed by atoms with E-state index in [1.807, 2.05) is 0 Å². The summed E-state index contributed by atoms with van der Waals surface area (Å²) in [6.45, 7) is 3.78. The van der Waals surface area contributed by atoms with Gasteiger partial charge in [-0.25, -0.2) is 0 Å². The molecule has 3 saturated heterocycles. The lowest BCUT2D eigenvalue weighted by Crippen LogP contribution is -2.33. The van der Waals surface area contributed by atoms with Crippen molar-refractivity contribution in [2.45, 2.75) is 204 Å². The van der Waals surface area contributed by atoms with E-state index in [1.165, 1.54) is 51.9 Å². The van der Waals surface area contributed by atoms with Crippen molar-refractivity contribution in [1.29, 1.82) is 0 Å². The van der Waals surface area contributed by atoms with Gasteiger partial charge >= 0.3 is 5.97 Å². The van der Waals surface area contributed by atoms with Crippen LogP contribution in [0.2, 0.25) is 0 Å². The van der Waals surface area contributed by atoms with E-state index in [9.17, 15) is 19.8 Å². The quantitative estimate of drug-likeness (QED) is 0.0941. The van der Waals surface area contributed by atoms with E-state index < -0.39 is 6.10 Å². The van der Waals surface area contributed by atoms with Gasteiger partial charge in [0.2, 0.25) is 0 Å². The van der Waals surface area contributed by atoms with Gasteiger partial charge in [0.05, 0.1) is 42.5 Å². The molecule has 0 amide bonds. The Balaban J connectivity index is 1.16. The summed E-state index contributed by atoms with van der Waals surface area (Å²) in [6, 6.07) is 0. The molecule has 0 aliphatic carbocycles. The van der Waals surface area contributed by atoms with Crippen molar-refractivity contribution in [3.8, 4) is 0 Å². The zero-order chi connectivity index (χ0) is 30.2. The number of carbonyl (C=O) groups excluding carboxylic acids is 2. The maximum atomic E-state index is 11.9. The lowest BCUT2D eigenvalue weighted by molar-refractivity contribution is -0.145. The van der Waals surface area contributed by atoms with E-state index >= 15 is 0 Å². The largest absolute Gasteiger partial charge is 0.462 e. The number of esters is 1. The van der Waals surface area contributed by atoms with Crippen molar-refractivity contribution in [3.63, 3.8) is 0 Å². The molecule has 0 aromatic heterocycles. The summed E-state index contributed by atoms with van der Waals surface area (Å²) >= 11 is 0. The van der Waals surface area contributed by atoms with Crippen molar-refractivity contribution >= 4 is 11.8 Å². The van der Waals surface area contributed by atoms with E-state index in [0.717, 1.165) is 89.9 Å². The van der Waals surface area contributed by atoms with Crippen molar-refractivity contribution in [2.24, 2.45) is 5.92 Å². The van der Waals surface area contributed by atoms with Crippen LogP contribution in [-0.2, 0) is 23.8 Å². The Morgan fingerprint density at radius 3 is 1.71 bits per heavy atom. The Morgan fingerprint density at radius 2 is 1.21 bits per heavy atom. The lowest BCUT2D eigenvalue weighted by Gasteiger charge is -2.24. The van der Waals surface area contributed by atoms with Crippen molar-refractivity contribution in [3.05, 3.63) is 0 Å². The van der Waals surface area contributed by atoms with Crippen LogP contribution < -0.4 is 0 Å². The number of aliphatic hydroxyl groups is 2. The molecule has 0 aromatic carbocycles. The predicted octanol–water partition coefficient (Wildman–Crippen LogP) is 7.37. The van der Waals surface area contributed by atoms with E-state index in [4.69, 9.17) is 14.2 Å². The van der Waals surface area contributed by atoms with Gasteiger partial charge in [-0.1, -0.05) is 90.4 Å². The summed E-state index contributed by atoms with van der Waals surface area (Å²) in [5.74, 6) is -0.379. The second-order valence-electron chi connectivity index (χ2n) is 13.6. The molecule has 3 heterocycles. The molecule has 244 valence electrons. The van der Waals surface area contributed by atoms with E-state index in [0.29, 0.717) is 12.8 Å². The minimum Gasteiger partial charge on any atom is -0.462 e. The number of hydrogen-bond donors (Lipinski definition) is 2. The summed E-state index contributed by atoms with van der Waals surface area (Å²) in [5.41, 5.74) is 0. The first kappa shape index (κ1) is 35.5. The van der Waals surface area contributed by atoms with Gasteiger partial charge in [0, 0.05) is 6.42 Å². The molecular formula is C35H62O7. The third-order valence-corrected chi connectivity index (χ3v) is 9.77. The fourth-order valence-corrected chi connectivity index (χ4v) is 7.20. The molecular weight excluding hydrogens is 532 g/mol. The first-order valence-electron chi connectivity index (χ1n) is 17.7. The average molecular weight is 595 g/mol. The molecule has 42 heavy (non-hydrogen) atoms. The second-order valence-corrected chi connectivity index (χ2v) is 13.6. The number of ketones is 1. The molecule has 7 heteroatoms. The number of cyclic esters (lactones) is 1. The predicted molar refractivity (Wildman–Crippen MR) is 165 cm³/mol. The number of Topliss-reactive ketones (excluding diaryl/α,β-unsaturated/α-hetero) is 1. The summed E-state index contributed by atoms with van der Waals surface area (Å²) < 4.78 is 18.0. The maximum Gasteiger partial charge on any atom is 0.309 e. The van der Waals surface area contributed by atoms with Gasteiger partial charge in [-0.3, -0.25) is 4.79 Å². The van der Waals surface area contributed by atoms with Crippen LogP contribution in [0.3, 0.4) is 0 Å². The molecule has 0 radical (unpaired) electrons. The number of ether oxygens (including phenoxy) is 3. The maximum absolute atomic E-state index is 11.9. The Morgan fingerprint density at radius 1 is 0.738 bits per heavy atom. The fraction of sp³-hybridized carbons (Fsp3) is 0.943. The Bertz CT molecular complexity index is 758. The van der Waals surface area contributed by atoms with Gasteiger partial charge in [-0.15, -0.1) is 0 Å². The molecule has 0 saturated carbocycles. The van der Waals surface area contributed by atoms with Crippen LogP contribution in [-0.4, -0.2) is 64.7 Å². The summed E-state index contributed by atoms with van der Waals surface area (Å²) in [7, 11) is 0. The summed E-state index contributed by atoms with van der Waals surface area (Å²) in [6.07, 6.45) is 23.1. The first-order valence-corrected chi connectivity index (χ1v) is 17.7. The highest BCUT2D eigenvalue weighted by Crippen LogP contribution is 2.35. The topological polar surface area (TPSA) is 102 Å². The summed E-state index contributed by atoms with van der Waals surface area (Å²) in [4.78, 5) is 23.1. The molecule has 3 rings (SSSR count). The highest BCUT2D eigenvalue weighted by molar-refractivity contribution is 5.83. The van der Waals surface area contributed by atoms with Gasteiger partial charge in [0.15, 0.2) is 0 Å². The number of unbranched alkanes of at least 4 members (excludes halogenated alkanes) is 12. The van der Waals surface area contributed by atoms with Crippen molar-refractivity contribution in [1.82, 2.24) is 0 Å². The van der Waals surface area contributed by atoms with Crippen molar-refractivity contribution in [2.75, 3.05) is 0 Å². The van der Waals surface area contributed by atoms with Crippen LogP contribution in [0.4, 0.5) is 0 Å². The Labute approximate surface area is 255 Å². The van der Waals surface area contributed by atoms with Gasteiger partial charge in [0.1, 0.15) is 11.9 Å². The van der Waals surface area contributed by atoms with Gasteiger partial charge in [0.25, 0.3) is 0 Å². The number of aliphatic hydroxyl groups excluding tert-OH is 2. The lowest BCUT2D eigenvalue weighted by atomic mass is 9.96. The molecule has 8 atom stereocenters. The second kappa shape index (κ2) is 20.1. The monoisotopic (exact) mass is 594 g/mol. The fourth-order valence-electron chi connectivity index (χ4n) is 7.20. The minimum absolute atomic E-state index is 0.0162. The van der Waals surface area contributed by atoms with E-state index in [2.05, 4.69) is 6.92 Å². The molecule has 3 aliphatic rings. The highest BCUT2D eigenvalue weighted by Gasteiger charge is 2.40. The van der Waals surface area contributed by atoms with Crippen LogP contribution in [0.25, 0.3) is 0 Å². The van der Waals surface area contributed by atoms with Gasteiger partial charge in [-0.2, -0.15) is 0 Å². The standard InChI is InChI=1S/C35H62O7/c1-3-4-5-6-7-8-12-15-18-29(37)31-20-22-33(41-31)34-23-21-32(42-34)30(38)19-16-13-10-9-11-14-17-28-25-27(24-26(2)36)35(39)40-28/h27-34,37-38H,3-25H2,1-2H3/t27?,28?,29-,30+,31+,32+,33+,34+/m0/s1. The van der Waals surface area contributed by atoms with Gasteiger partial charge in [-0.05, 0) is 64.7 Å². The molecule has 0 bridgehead atoms. The number of hydrogen-bond acceptors (Lipinski definition) is 7. The van der Waals surface area contributed by atoms with Gasteiger partial charge < -0.3 is 29.2 Å². The molecule has 0 spiro atoms. The molecule has 3 fully saturated rings. The summed E-state index contributed by atoms with van der Waals surface area (Å²) in [5, 5.41) is 21.4.